The standard InChI is InChI=1S/C19H15ClN4O3/c20-14-5-3-13(4-6-14)17-22-15(12-21)19(27-17)24-9-7-23(8-10-24)18(25)16-2-1-11-26-16/h1-6,11H,7-10H2. The SMILES string of the molecule is N#Cc1nc(-c2ccc(Cl)cc2)oc1N1CCN(C(=O)c2ccco2)CC1. The normalized spacial score (nSPS) is 14.2. The van der Waals surface area contributed by atoms with Crippen LogP contribution >= 0.6 is 11.6 Å². The number of carbonyl (C=O) groups is 1. The predicted octanol–water partition coefficient (Wildman–Crippen LogP) is 3.42. The third-order valence-corrected chi connectivity index (χ3v) is 4.64. The van der Waals surface area contributed by atoms with Crippen LogP contribution in [-0.2, 0) is 0 Å². The second kappa shape index (κ2) is 7.17. The summed E-state index contributed by atoms with van der Waals surface area (Å²) in [4.78, 5) is 20.3. The molecule has 136 valence electrons. The molecule has 1 amide bonds. The number of aromatic nitrogens is 1. The van der Waals surface area contributed by atoms with E-state index in [0.29, 0.717) is 48.7 Å². The highest BCUT2D eigenvalue weighted by molar-refractivity contribution is 6.30. The molecule has 1 aliphatic rings. The van der Waals surface area contributed by atoms with Gasteiger partial charge in [-0.2, -0.15) is 10.2 Å². The fourth-order valence-corrected chi connectivity index (χ4v) is 3.11. The summed E-state index contributed by atoms with van der Waals surface area (Å²) in [5, 5.41) is 10.0. The van der Waals surface area contributed by atoms with Gasteiger partial charge in [0.1, 0.15) is 6.07 Å². The van der Waals surface area contributed by atoms with Gasteiger partial charge in [-0.3, -0.25) is 4.79 Å². The van der Waals surface area contributed by atoms with Gasteiger partial charge in [-0.1, -0.05) is 11.6 Å². The van der Waals surface area contributed by atoms with Crippen LogP contribution in [-0.4, -0.2) is 42.0 Å². The van der Waals surface area contributed by atoms with E-state index in [1.54, 1.807) is 41.3 Å². The van der Waals surface area contributed by atoms with Gasteiger partial charge in [0.05, 0.1) is 6.26 Å². The van der Waals surface area contributed by atoms with Crippen molar-refractivity contribution in [2.75, 3.05) is 31.1 Å². The van der Waals surface area contributed by atoms with Crippen LogP contribution in [0.25, 0.3) is 11.5 Å². The molecule has 1 aromatic carbocycles. The zero-order chi connectivity index (χ0) is 18.8. The lowest BCUT2D eigenvalue weighted by Gasteiger charge is -2.34. The Morgan fingerprint density at radius 1 is 1.15 bits per heavy atom. The number of benzene rings is 1. The van der Waals surface area contributed by atoms with Crippen LogP contribution < -0.4 is 4.90 Å². The molecule has 1 saturated heterocycles. The molecule has 0 saturated carbocycles. The maximum absolute atomic E-state index is 12.4. The van der Waals surface area contributed by atoms with Crippen LogP contribution in [0.1, 0.15) is 16.2 Å². The summed E-state index contributed by atoms with van der Waals surface area (Å²) in [6, 6.07) is 12.5. The molecule has 1 aliphatic heterocycles. The average molecular weight is 383 g/mol. The second-order valence-corrected chi connectivity index (χ2v) is 6.48. The van der Waals surface area contributed by atoms with Crippen LogP contribution in [0, 0.1) is 11.3 Å². The molecule has 2 aromatic heterocycles. The van der Waals surface area contributed by atoms with Gasteiger partial charge in [0.25, 0.3) is 5.91 Å². The molecule has 4 rings (SSSR count). The van der Waals surface area contributed by atoms with Crippen molar-refractivity contribution >= 4 is 23.4 Å². The van der Waals surface area contributed by atoms with Crippen LogP contribution in [0.15, 0.2) is 51.5 Å². The third-order valence-electron chi connectivity index (χ3n) is 4.39. The Bertz CT molecular complexity index is 981. The van der Waals surface area contributed by atoms with Gasteiger partial charge in [0.15, 0.2) is 5.76 Å². The number of hydrogen-bond acceptors (Lipinski definition) is 6. The summed E-state index contributed by atoms with van der Waals surface area (Å²) < 4.78 is 11.0. The van der Waals surface area contributed by atoms with Crippen molar-refractivity contribution in [3.05, 3.63) is 59.1 Å². The molecular weight excluding hydrogens is 368 g/mol. The van der Waals surface area contributed by atoms with Crippen LogP contribution in [0.5, 0.6) is 0 Å². The highest BCUT2D eigenvalue weighted by Crippen LogP contribution is 2.29. The lowest BCUT2D eigenvalue weighted by Crippen LogP contribution is -2.48. The van der Waals surface area contributed by atoms with Crippen molar-refractivity contribution in [1.29, 1.82) is 5.26 Å². The molecule has 0 N–H and O–H groups in total. The lowest BCUT2D eigenvalue weighted by molar-refractivity contribution is 0.0713. The van der Waals surface area contributed by atoms with E-state index < -0.39 is 0 Å². The Labute approximate surface area is 160 Å². The van der Waals surface area contributed by atoms with Crippen LogP contribution in [0.4, 0.5) is 5.88 Å². The van der Waals surface area contributed by atoms with Gasteiger partial charge in [0.2, 0.25) is 17.5 Å². The number of hydrogen-bond donors (Lipinski definition) is 0. The van der Waals surface area contributed by atoms with E-state index in [2.05, 4.69) is 11.1 Å². The highest BCUT2D eigenvalue weighted by Gasteiger charge is 2.27. The maximum Gasteiger partial charge on any atom is 0.289 e. The van der Waals surface area contributed by atoms with E-state index in [1.807, 2.05) is 4.90 Å². The number of nitrogens with zero attached hydrogens (tertiary/aromatic N) is 4. The molecule has 0 radical (unpaired) electrons. The lowest BCUT2D eigenvalue weighted by atomic mass is 10.2. The highest BCUT2D eigenvalue weighted by atomic mass is 35.5. The van der Waals surface area contributed by atoms with Gasteiger partial charge < -0.3 is 18.6 Å². The molecule has 0 atom stereocenters. The minimum absolute atomic E-state index is 0.139. The number of anilines is 1. The number of carbonyl (C=O) groups excluding carboxylic acids is 1. The first-order valence-corrected chi connectivity index (χ1v) is 8.78. The zero-order valence-corrected chi connectivity index (χ0v) is 15.0. The van der Waals surface area contributed by atoms with Crippen LogP contribution in [0.3, 0.4) is 0 Å². The molecule has 0 aliphatic carbocycles. The zero-order valence-electron chi connectivity index (χ0n) is 14.3. The molecular formula is C19H15ClN4O3. The van der Waals surface area contributed by atoms with Crippen molar-refractivity contribution in [3.8, 4) is 17.5 Å². The summed E-state index contributed by atoms with van der Waals surface area (Å²) in [5.74, 6) is 0.977. The average Bonchev–Trinajstić information content (AvgIpc) is 3.38. The van der Waals surface area contributed by atoms with E-state index in [0.717, 1.165) is 5.56 Å². The topological polar surface area (TPSA) is 86.5 Å². The molecule has 7 nitrogen and oxygen atoms in total. The van der Waals surface area contributed by atoms with Crippen molar-refractivity contribution in [2.24, 2.45) is 0 Å². The Hall–Kier alpha value is -3.24. The minimum atomic E-state index is -0.139. The monoisotopic (exact) mass is 382 g/mol. The number of amides is 1. The Kier molecular flexibility index (Phi) is 4.57. The number of rotatable bonds is 3. The number of nitriles is 1. The van der Waals surface area contributed by atoms with Gasteiger partial charge in [-0.05, 0) is 36.4 Å². The minimum Gasteiger partial charge on any atom is -0.459 e. The van der Waals surface area contributed by atoms with Crippen molar-refractivity contribution < 1.29 is 13.6 Å². The summed E-state index contributed by atoms with van der Waals surface area (Å²) in [6.45, 7) is 2.08. The third kappa shape index (κ3) is 3.39. The summed E-state index contributed by atoms with van der Waals surface area (Å²) in [6.07, 6.45) is 1.48. The van der Waals surface area contributed by atoms with Gasteiger partial charge in [-0.25, -0.2) is 0 Å². The molecule has 1 fully saturated rings. The first-order chi connectivity index (χ1) is 13.2. The predicted molar refractivity (Wildman–Crippen MR) is 98.5 cm³/mol. The van der Waals surface area contributed by atoms with Gasteiger partial charge in [0, 0.05) is 36.8 Å². The Morgan fingerprint density at radius 3 is 2.52 bits per heavy atom. The smallest absolute Gasteiger partial charge is 0.289 e. The van der Waals surface area contributed by atoms with Crippen LogP contribution in [0.2, 0.25) is 5.02 Å². The van der Waals surface area contributed by atoms with E-state index >= 15 is 0 Å². The van der Waals surface area contributed by atoms with E-state index in [1.165, 1.54) is 6.26 Å². The molecule has 0 spiro atoms. The number of oxazole rings is 1. The van der Waals surface area contributed by atoms with E-state index in [-0.39, 0.29) is 11.6 Å². The molecule has 3 heterocycles. The molecule has 3 aromatic rings. The molecule has 8 heteroatoms. The fourth-order valence-electron chi connectivity index (χ4n) is 2.98. The quantitative estimate of drug-likeness (QED) is 0.689. The number of furan rings is 1. The van der Waals surface area contributed by atoms with Crippen molar-refractivity contribution in [1.82, 2.24) is 9.88 Å². The Balaban J connectivity index is 1.50. The summed E-state index contributed by atoms with van der Waals surface area (Å²) in [7, 11) is 0. The van der Waals surface area contributed by atoms with E-state index in [4.69, 9.17) is 20.4 Å². The largest absolute Gasteiger partial charge is 0.459 e. The van der Waals surface area contributed by atoms with Gasteiger partial charge in [-0.15, -0.1) is 0 Å². The van der Waals surface area contributed by atoms with Gasteiger partial charge >= 0.3 is 0 Å². The second-order valence-electron chi connectivity index (χ2n) is 6.05. The number of halogens is 1. The van der Waals surface area contributed by atoms with Crippen molar-refractivity contribution in [2.45, 2.75) is 0 Å². The first-order valence-electron chi connectivity index (χ1n) is 8.40. The summed E-state index contributed by atoms with van der Waals surface area (Å²) >= 11 is 5.91. The molecule has 27 heavy (non-hydrogen) atoms. The summed E-state index contributed by atoms with van der Waals surface area (Å²) in [5.41, 5.74) is 0.972. The fraction of sp³-hybridized carbons (Fsp3) is 0.211. The molecule has 0 bridgehead atoms. The molecule has 0 unspecified atom stereocenters. The van der Waals surface area contributed by atoms with Crippen molar-refractivity contribution in [3.63, 3.8) is 0 Å². The van der Waals surface area contributed by atoms with E-state index in [9.17, 15) is 10.1 Å². The first kappa shape index (κ1) is 17.2. The Morgan fingerprint density at radius 2 is 1.89 bits per heavy atom. The number of piperazine rings is 1. The maximum atomic E-state index is 12.4.